The van der Waals surface area contributed by atoms with Crippen molar-refractivity contribution in [3.8, 4) is 0 Å². The van der Waals surface area contributed by atoms with E-state index in [4.69, 9.17) is 5.11 Å². The topological polar surface area (TPSA) is 101 Å². The minimum atomic E-state index is -3.67. The van der Waals surface area contributed by atoms with Crippen molar-refractivity contribution in [2.75, 3.05) is 0 Å². The van der Waals surface area contributed by atoms with Crippen molar-refractivity contribution < 1.29 is 18.3 Å². The summed E-state index contributed by atoms with van der Waals surface area (Å²) in [6.45, 7) is 2.34. The van der Waals surface area contributed by atoms with Crippen LogP contribution in [-0.4, -0.2) is 29.0 Å². The molecule has 1 heterocycles. The molecule has 3 aromatic rings. The summed E-state index contributed by atoms with van der Waals surface area (Å²) in [4.78, 5) is 15.2. The van der Waals surface area contributed by atoms with Crippen molar-refractivity contribution in [2.24, 2.45) is 0 Å². The molecule has 29 heavy (non-hydrogen) atoms. The average molecular weight is 413 g/mol. The van der Waals surface area contributed by atoms with Crippen molar-refractivity contribution in [1.82, 2.24) is 14.3 Å². The van der Waals surface area contributed by atoms with Gasteiger partial charge in [-0.15, -0.1) is 0 Å². The smallest absolute Gasteiger partial charge is 0.303 e. The largest absolute Gasteiger partial charge is 0.481 e. The van der Waals surface area contributed by atoms with Gasteiger partial charge in [0.2, 0.25) is 10.0 Å². The highest BCUT2D eigenvalue weighted by Gasteiger charge is 2.19. The molecule has 7 nitrogen and oxygen atoms in total. The molecular formula is C21H23N3O4S. The van der Waals surface area contributed by atoms with E-state index in [-0.39, 0.29) is 11.3 Å². The number of hydrogen-bond acceptors (Lipinski definition) is 4. The second-order valence-corrected chi connectivity index (χ2v) is 8.58. The number of nitrogens with zero attached hydrogens (tertiary/aromatic N) is 2. The van der Waals surface area contributed by atoms with Gasteiger partial charge in [-0.3, -0.25) is 4.79 Å². The third kappa shape index (κ3) is 5.75. The van der Waals surface area contributed by atoms with E-state index in [1.54, 1.807) is 49.8 Å². The van der Waals surface area contributed by atoms with E-state index in [0.717, 1.165) is 16.7 Å². The Morgan fingerprint density at radius 3 is 2.55 bits per heavy atom. The monoisotopic (exact) mass is 413 g/mol. The molecule has 2 N–H and O–H groups in total. The van der Waals surface area contributed by atoms with Gasteiger partial charge in [0, 0.05) is 31.4 Å². The maximum atomic E-state index is 12.7. The molecule has 0 radical (unpaired) electrons. The third-order valence-electron chi connectivity index (χ3n) is 4.51. The van der Waals surface area contributed by atoms with Crippen molar-refractivity contribution in [3.63, 3.8) is 0 Å². The molecule has 8 heteroatoms. The predicted octanol–water partition coefficient (Wildman–Crippen LogP) is 2.99. The number of aromatic nitrogens is 2. The van der Waals surface area contributed by atoms with E-state index in [0.29, 0.717) is 13.0 Å². The summed E-state index contributed by atoms with van der Waals surface area (Å²) >= 11 is 0. The van der Waals surface area contributed by atoms with Gasteiger partial charge in [-0.25, -0.2) is 18.1 Å². The summed E-state index contributed by atoms with van der Waals surface area (Å²) in [6.07, 6.45) is 5.61. The summed E-state index contributed by atoms with van der Waals surface area (Å²) < 4.78 is 29.9. The Hall–Kier alpha value is -2.97. The molecular weight excluding hydrogens is 390 g/mol. The quantitative estimate of drug-likeness (QED) is 0.562. The van der Waals surface area contributed by atoms with Crippen LogP contribution >= 0.6 is 0 Å². The molecule has 0 fully saturated rings. The highest BCUT2D eigenvalue weighted by Crippen LogP contribution is 2.21. The van der Waals surface area contributed by atoms with Gasteiger partial charge in [-0.05, 0) is 42.2 Å². The number of carboxylic acids is 1. The van der Waals surface area contributed by atoms with Gasteiger partial charge in [0.25, 0.3) is 0 Å². The second kappa shape index (κ2) is 9.02. The molecule has 1 aromatic heterocycles. The van der Waals surface area contributed by atoms with E-state index < -0.39 is 22.0 Å². The molecule has 0 aliphatic carbocycles. The van der Waals surface area contributed by atoms with Gasteiger partial charge in [0.1, 0.15) is 0 Å². The van der Waals surface area contributed by atoms with Crippen LogP contribution in [0.5, 0.6) is 0 Å². The van der Waals surface area contributed by atoms with E-state index in [9.17, 15) is 13.2 Å². The molecule has 152 valence electrons. The van der Waals surface area contributed by atoms with Gasteiger partial charge in [0.05, 0.1) is 11.2 Å². The van der Waals surface area contributed by atoms with E-state index in [1.165, 1.54) is 0 Å². The lowest BCUT2D eigenvalue weighted by molar-refractivity contribution is -0.136. The first kappa shape index (κ1) is 20.8. The van der Waals surface area contributed by atoms with E-state index in [2.05, 4.69) is 9.71 Å². The first-order valence-electron chi connectivity index (χ1n) is 9.21. The fraction of sp³-hybridized carbons (Fsp3) is 0.238. The lowest BCUT2D eigenvalue weighted by atomic mass is 9.99. The van der Waals surface area contributed by atoms with Gasteiger partial charge in [-0.2, -0.15) is 0 Å². The number of aryl methyl sites for hydroxylation is 1. The maximum Gasteiger partial charge on any atom is 0.303 e. The van der Waals surface area contributed by atoms with Crippen LogP contribution in [0.25, 0.3) is 0 Å². The summed E-state index contributed by atoms with van der Waals surface area (Å²) in [7, 11) is -3.67. The number of carboxylic acid groups (broad SMARTS) is 1. The van der Waals surface area contributed by atoms with E-state index in [1.807, 2.05) is 29.0 Å². The Bertz CT molecular complexity index is 1060. The molecule has 0 aliphatic rings. The standard InChI is InChI=1S/C21H23N3O4S/c1-16(23-29(27,28)20-5-3-2-4-6-20)19-12-17(7-8-21(25)26)11-18(13-19)14-24-10-9-22-15-24/h2-6,9-13,15-16,23H,7-8,14H2,1H3,(H,25,26). The average Bonchev–Trinajstić information content (AvgIpc) is 3.19. The van der Waals surface area contributed by atoms with Crippen LogP contribution in [0.2, 0.25) is 0 Å². The number of carbonyl (C=O) groups is 1. The minimum absolute atomic E-state index is 0.0120. The number of sulfonamides is 1. The Balaban J connectivity index is 1.87. The van der Waals surface area contributed by atoms with Gasteiger partial charge in [0.15, 0.2) is 0 Å². The lowest BCUT2D eigenvalue weighted by Crippen LogP contribution is -2.27. The SMILES string of the molecule is CC(NS(=O)(=O)c1ccccc1)c1cc(CCC(=O)O)cc(Cn2ccnc2)c1. The molecule has 1 unspecified atom stereocenters. The van der Waals surface area contributed by atoms with Crippen LogP contribution in [-0.2, 0) is 27.8 Å². The summed E-state index contributed by atoms with van der Waals surface area (Å²) in [5.74, 6) is -0.871. The highest BCUT2D eigenvalue weighted by atomic mass is 32.2. The Kier molecular flexibility index (Phi) is 6.46. The van der Waals surface area contributed by atoms with Crippen LogP contribution < -0.4 is 4.72 Å². The van der Waals surface area contributed by atoms with Gasteiger partial charge in [-0.1, -0.05) is 36.4 Å². The molecule has 0 bridgehead atoms. The van der Waals surface area contributed by atoms with Crippen molar-refractivity contribution >= 4 is 16.0 Å². The first-order valence-corrected chi connectivity index (χ1v) is 10.7. The molecule has 3 rings (SSSR count). The molecule has 1 atom stereocenters. The lowest BCUT2D eigenvalue weighted by Gasteiger charge is -2.17. The zero-order valence-electron chi connectivity index (χ0n) is 16.0. The molecule has 0 saturated heterocycles. The highest BCUT2D eigenvalue weighted by molar-refractivity contribution is 7.89. The number of hydrogen-bond donors (Lipinski definition) is 2. The van der Waals surface area contributed by atoms with Crippen LogP contribution in [0.3, 0.4) is 0 Å². The Labute approximate surface area is 170 Å². The van der Waals surface area contributed by atoms with Gasteiger partial charge < -0.3 is 9.67 Å². The van der Waals surface area contributed by atoms with Gasteiger partial charge >= 0.3 is 5.97 Å². The zero-order valence-corrected chi connectivity index (χ0v) is 16.8. The van der Waals surface area contributed by atoms with Crippen LogP contribution in [0.4, 0.5) is 0 Å². The molecule has 0 spiro atoms. The van der Waals surface area contributed by atoms with Crippen LogP contribution in [0, 0.1) is 0 Å². The zero-order chi connectivity index (χ0) is 20.9. The first-order chi connectivity index (χ1) is 13.8. The number of benzene rings is 2. The maximum absolute atomic E-state index is 12.7. The fourth-order valence-corrected chi connectivity index (χ4v) is 4.34. The van der Waals surface area contributed by atoms with Crippen LogP contribution in [0.1, 0.15) is 36.1 Å². The predicted molar refractivity (Wildman–Crippen MR) is 109 cm³/mol. The number of aliphatic carboxylic acids is 1. The normalized spacial score (nSPS) is 12.6. The molecule has 0 saturated carbocycles. The second-order valence-electron chi connectivity index (χ2n) is 6.87. The molecule has 0 amide bonds. The number of rotatable bonds is 9. The number of nitrogens with one attached hydrogen (secondary N) is 1. The molecule has 0 aliphatic heterocycles. The fourth-order valence-electron chi connectivity index (χ4n) is 3.09. The summed E-state index contributed by atoms with van der Waals surface area (Å²) in [6, 6.07) is 13.5. The summed E-state index contributed by atoms with van der Waals surface area (Å²) in [5, 5.41) is 9.00. The van der Waals surface area contributed by atoms with Crippen molar-refractivity contribution in [3.05, 3.63) is 83.9 Å². The summed E-state index contributed by atoms with van der Waals surface area (Å²) in [5.41, 5.74) is 2.58. The molecule has 2 aromatic carbocycles. The minimum Gasteiger partial charge on any atom is -0.481 e. The van der Waals surface area contributed by atoms with Crippen molar-refractivity contribution in [1.29, 1.82) is 0 Å². The Morgan fingerprint density at radius 1 is 1.17 bits per heavy atom. The van der Waals surface area contributed by atoms with E-state index >= 15 is 0 Å². The van der Waals surface area contributed by atoms with Crippen LogP contribution in [0.15, 0.2) is 72.1 Å². The van der Waals surface area contributed by atoms with Crippen molar-refractivity contribution in [2.45, 2.75) is 37.2 Å². The third-order valence-corrected chi connectivity index (χ3v) is 6.07. The number of imidazole rings is 1. The Morgan fingerprint density at radius 2 is 1.90 bits per heavy atom.